The van der Waals surface area contributed by atoms with Crippen LogP contribution in [0.5, 0.6) is 0 Å². The molecule has 0 atom stereocenters. The Hall–Kier alpha value is -3.58. The number of aromatic nitrogens is 3. The van der Waals surface area contributed by atoms with E-state index in [-0.39, 0.29) is 11.1 Å². The molecule has 0 saturated carbocycles. The molecule has 0 bridgehead atoms. The minimum atomic E-state index is -1.14. The highest BCUT2D eigenvalue weighted by Gasteiger charge is 2.21. The van der Waals surface area contributed by atoms with Crippen molar-refractivity contribution in [3.63, 3.8) is 0 Å². The molecule has 7 nitrogen and oxygen atoms in total. The summed E-state index contributed by atoms with van der Waals surface area (Å²) in [7, 11) is 1.78. The predicted molar refractivity (Wildman–Crippen MR) is 117 cm³/mol. The number of nitrogens with one attached hydrogen (secondary N) is 1. The van der Waals surface area contributed by atoms with E-state index in [9.17, 15) is 14.7 Å². The Morgan fingerprint density at radius 2 is 1.80 bits per heavy atom. The number of anilines is 2. The Balaban J connectivity index is 1.96. The van der Waals surface area contributed by atoms with Crippen molar-refractivity contribution in [3.8, 4) is 5.69 Å². The summed E-state index contributed by atoms with van der Waals surface area (Å²) in [6.07, 6.45) is 1.28. The van der Waals surface area contributed by atoms with E-state index in [2.05, 4.69) is 10.3 Å². The number of fused-ring (bicyclic) bond motifs is 1. The molecule has 8 heteroatoms. The van der Waals surface area contributed by atoms with Crippen LogP contribution in [0.3, 0.4) is 0 Å². The number of hydrogen-bond acceptors (Lipinski definition) is 4. The van der Waals surface area contributed by atoms with Gasteiger partial charge in [0.05, 0.1) is 22.6 Å². The lowest BCUT2D eigenvalue weighted by molar-refractivity contribution is 0.0697. The van der Waals surface area contributed by atoms with Crippen molar-refractivity contribution in [2.24, 2.45) is 7.05 Å². The number of benzene rings is 2. The van der Waals surface area contributed by atoms with Gasteiger partial charge >= 0.3 is 5.97 Å². The molecule has 0 fully saturated rings. The van der Waals surface area contributed by atoms with Gasteiger partial charge in [-0.2, -0.15) is 0 Å². The first kappa shape index (κ1) is 19.7. The van der Waals surface area contributed by atoms with Gasteiger partial charge in [0.1, 0.15) is 11.3 Å². The zero-order valence-electron chi connectivity index (χ0n) is 16.6. The number of halogens is 1. The SMILES string of the molecule is Cc1c(Cl)ccc2c(Nc3c(C)n(C)n(-c4ccccc4)c3=O)c(C(=O)O)cnc12. The van der Waals surface area contributed by atoms with Gasteiger partial charge in [-0.25, -0.2) is 9.48 Å². The molecule has 2 aromatic carbocycles. The average Bonchev–Trinajstić information content (AvgIpc) is 2.94. The number of rotatable bonds is 4. The van der Waals surface area contributed by atoms with Crippen molar-refractivity contribution in [1.29, 1.82) is 0 Å². The highest BCUT2D eigenvalue weighted by molar-refractivity contribution is 6.32. The lowest BCUT2D eigenvalue weighted by Gasteiger charge is -2.13. The Morgan fingerprint density at radius 1 is 1.10 bits per heavy atom. The molecule has 2 N–H and O–H groups in total. The number of hydrogen-bond donors (Lipinski definition) is 2. The summed E-state index contributed by atoms with van der Waals surface area (Å²) in [5.74, 6) is -1.14. The number of carbonyl (C=O) groups is 1. The van der Waals surface area contributed by atoms with E-state index >= 15 is 0 Å². The predicted octanol–water partition coefficient (Wildman–Crippen LogP) is 4.44. The number of aromatic carboxylic acids is 1. The maximum Gasteiger partial charge on any atom is 0.339 e. The number of nitrogens with zero attached hydrogens (tertiary/aromatic N) is 3. The topological polar surface area (TPSA) is 89.2 Å². The zero-order chi connectivity index (χ0) is 21.6. The summed E-state index contributed by atoms with van der Waals surface area (Å²) in [4.78, 5) is 29.4. The van der Waals surface area contributed by atoms with E-state index in [4.69, 9.17) is 11.6 Å². The van der Waals surface area contributed by atoms with Crippen LogP contribution in [0.4, 0.5) is 11.4 Å². The van der Waals surface area contributed by atoms with Crippen LogP contribution in [-0.4, -0.2) is 25.4 Å². The van der Waals surface area contributed by atoms with Gasteiger partial charge in [0.25, 0.3) is 5.56 Å². The van der Waals surface area contributed by atoms with Crippen LogP contribution in [0, 0.1) is 13.8 Å². The van der Waals surface area contributed by atoms with E-state index in [1.54, 1.807) is 30.8 Å². The third-order valence-electron chi connectivity index (χ3n) is 5.26. The first-order chi connectivity index (χ1) is 14.3. The Bertz CT molecular complexity index is 1360. The molecule has 4 rings (SSSR count). The second-order valence-electron chi connectivity index (χ2n) is 6.98. The van der Waals surface area contributed by atoms with Gasteiger partial charge in [-0.3, -0.25) is 14.5 Å². The number of para-hydroxylation sites is 1. The first-order valence-electron chi connectivity index (χ1n) is 9.23. The van der Waals surface area contributed by atoms with Gasteiger partial charge in [0, 0.05) is 23.7 Å². The lowest BCUT2D eigenvalue weighted by Crippen LogP contribution is -2.20. The summed E-state index contributed by atoms with van der Waals surface area (Å²) >= 11 is 6.21. The molecule has 0 aliphatic heterocycles. The minimum absolute atomic E-state index is 0.0295. The van der Waals surface area contributed by atoms with E-state index in [0.29, 0.717) is 38.7 Å². The van der Waals surface area contributed by atoms with Gasteiger partial charge in [-0.15, -0.1) is 0 Å². The highest BCUT2D eigenvalue weighted by atomic mass is 35.5. The minimum Gasteiger partial charge on any atom is -0.478 e. The third-order valence-corrected chi connectivity index (χ3v) is 5.67. The molecule has 0 aliphatic rings. The van der Waals surface area contributed by atoms with Crippen LogP contribution >= 0.6 is 11.6 Å². The molecule has 0 saturated heterocycles. The summed E-state index contributed by atoms with van der Waals surface area (Å²) < 4.78 is 3.26. The monoisotopic (exact) mass is 422 g/mol. The molecule has 4 aromatic rings. The number of carboxylic acids is 1. The molecule has 0 aliphatic carbocycles. The zero-order valence-corrected chi connectivity index (χ0v) is 17.4. The highest BCUT2D eigenvalue weighted by Crippen LogP contribution is 2.33. The van der Waals surface area contributed by atoms with Crippen molar-refractivity contribution < 1.29 is 9.90 Å². The molecule has 0 unspecified atom stereocenters. The number of carboxylic acid groups (broad SMARTS) is 1. The molecular formula is C22H19ClN4O3. The molecule has 2 heterocycles. The largest absolute Gasteiger partial charge is 0.478 e. The fourth-order valence-corrected chi connectivity index (χ4v) is 3.67. The normalized spacial score (nSPS) is 11.1. The van der Waals surface area contributed by atoms with Crippen molar-refractivity contribution in [1.82, 2.24) is 14.3 Å². The van der Waals surface area contributed by atoms with Crippen molar-refractivity contribution in [2.75, 3.05) is 5.32 Å². The molecule has 30 heavy (non-hydrogen) atoms. The Kier molecular flexibility index (Phi) is 4.83. The quantitative estimate of drug-likeness (QED) is 0.507. The number of aryl methyl sites for hydroxylation is 1. The van der Waals surface area contributed by atoms with Gasteiger partial charge in [-0.1, -0.05) is 29.8 Å². The van der Waals surface area contributed by atoms with Crippen LogP contribution in [0.1, 0.15) is 21.6 Å². The Labute approximate surface area is 177 Å². The molecule has 0 amide bonds. The van der Waals surface area contributed by atoms with Gasteiger partial charge < -0.3 is 10.4 Å². The van der Waals surface area contributed by atoms with Crippen LogP contribution in [-0.2, 0) is 7.05 Å². The van der Waals surface area contributed by atoms with Crippen molar-refractivity contribution in [3.05, 3.63) is 80.9 Å². The van der Waals surface area contributed by atoms with Crippen LogP contribution in [0.2, 0.25) is 5.02 Å². The second-order valence-corrected chi connectivity index (χ2v) is 7.39. The maximum atomic E-state index is 13.2. The summed E-state index contributed by atoms with van der Waals surface area (Å²) in [6, 6.07) is 12.6. The van der Waals surface area contributed by atoms with Crippen LogP contribution < -0.4 is 10.9 Å². The molecule has 152 valence electrons. The molecule has 2 aromatic heterocycles. The van der Waals surface area contributed by atoms with E-state index < -0.39 is 5.97 Å². The number of pyridine rings is 1. The smallest absolute Gasteiger partial charge is 0.339 e. The van der Waals surface area contributed by atoms with Crippen molar-refractivity contribution in [2.45, 2.75) is 13.8 Å². The standard InChI is InChI=1S/C22H19ClN4O3/c1-12-17(23)10-9-15-18(12)24-11-16(22(29)30)20(15)25-19-13(2)26(3)27(21(19)28)14-7-5-4-6-8-14/h4-11H,1-3H3,(H,24,25)(H,29,30). The maximum absolute atomic E-state index is 13.2. The molecule has 0 radical (unpaired) electrons. The first-order valence-corrected chi connectivity index (χ1v) is 9.61. The van der Waals surface area contributed by atoms with Crippen LogP contribution in [0.15, 0.2) is 53.5 Å². The van der Waals surface area contributed by atoms with E-state index in [1.165, 1.54) is 10.9 Å². The third kappa shape index (κ3) is 3.04. The van der Waals surface area contributed by atoms with E-state index in [0.717, 1.165) is 5.56 Å². The summed E-state index contributed by atoms with van der Waals surface area (Å²) in [5, 5.41) is 13.9. The fraction of sp³-hybridized carbons (Fsp3) is 0.136. The lowest BCUT2D eigenvalue weighted by atomic mass is 10.1. The Morgan fingerprint density at radius 3 is 2.47 bits per heavy atom. The summed E-state index contributed by atoms with van der Waals surface area (Å²) in [6.45, 7) is 3.62. The van der Waals surface area contributed by atoms with Gasteiger partial charge in [-0.05, 0) is 43.7 Å². The average molecular weight is 423 g/mol. The van der Waals surface area contributed by atoms with Gasteiger partial charge in [0.2, 0.25) is 0 Å². The van der Waals surface area contributed by atoms with E-state index in [1.807, 2.05) is 37.3 Å². The second kappa shape index (κ2) is 7.35. The fourth-order valence-electron chi connectivity index (χ4n) is 3.52. The summed E-state index contributed by atoms with van der Waals surface area (Å²) in [5.41, 5.74) is 2.97. The molecular weight excluding hydrogens is 404 g/mol. The van der Waals surface area contributed by atoms with Gasteiger partial charge in [0.15, 0.2) is 0 Å². The van der Waals surface area contributed by atoms with Crippen molar-refractivity contribution >= 4 is 39.8 Å². The van der Waals surface area contributed by atoms with Crippen LogP contribution in [0.25, 0.3) is 16.6 Å². The molecule has 0 spiro atoms.